The number of nitrogens with zero attached hydrogens (tertiary/aromatic N) is 2. The molecule has 1 N–H and O–H groups in total. The summed E-state index contributed by atoms with van der Waals surface area (Å²) < 4.78 is 15.1. The summed E-state index contributed by atoms with van der Waals surface area (Å²) in [5, 5.41) is 3.90. The molecule has 0 aliphatic carbocycles. The topological polar surface area (TPSA) is 46.9 Å². The van der Waals surface area contributed by atoms with Gasteiger partial charge in [-0.15, -0.1) is 0 Å². The second kappa shape index (κ2) is 6.13. The summed E-state index contributed by atoms with van der Waals surface area (Å²) in [5.74, 6) is 0.409. The third kappa shape index (κ3) is 2.80. The molecule has 3 aromatic rings. The third-order valence-electron chi connectivity index (χ3n) is 3.86. The van der Waals surface area contributed by atoms with E-state index in [-0.39, 0.29) is 11.7 Å². The molecule has 4 rings (SSSR count). The molecule has 4 nitrogen and oxygen atoms in total. The van der Waals surface area contributed by atoms with E-state index in [0.29, 0.717) is 11.3 Å². The number of carbonyl (C=O) groups is 1. The van der Waals surface area contributed by atoms with E-state index in [1.54, 1.807) is 11.8 Å². The summed E-state index contributed by atoms with van der Waals surface area (Å²) in [6.07, 6.45) is 2.01. The molecule has 2 aromatic carbocycles. The van der Waals surface area contributed by atoms with Crippen LogP contribution in [-0.2, 0) is 6.54 Å². The van der Waals surface area contributed by atoms with Gasteiger partial charge in [-0.05, 0) is 30.3 Å². The SMILES string of the molecule is O=C(Nc1ccccc1-c1cn2c(n1)SCC2)c1ccc(F)cc1. The third-order valence-corrected chi connectivity index (χ3v) is 4.83. The lowest BCUT2D eigenvalue weighted by molar-refractivity contribution is 0.102. The summed E-state index contributed by atoms with van der Waals surface area (Å²) in [4.78, 5) is 17.0. The van der Waals surface area contributed by atoms with Crippen molar-refractivity contribution in [3.8, 4) is 11.3 Å². The number of fused-ring (bicyclic) bond motifs is 1. The van der Waals surface area contributed by atoms with Crippen molar-refractivity contribution in [3.05, 3.63) is 66.1 Å². The summed E-state index contributed by atoms with van der Waals surface area (Å²) >= 11 is 1.73. The van der Waals surface area contributed by atoms with E-state index >= 15 is 0 Å². The standard InChI is InChI=1S/C18H14FN3OS/c19-13-7-5-12(6-8-13)17(23)20-15-4-2-1-3-14(15)16-11-22-9-10-24-18(22)21-16/h1-8,11H,9-10H2,(H,20,23). The second-order valence-corrected chi connectivity index (χ2v) is 6.52. The molecule has 24 heavy (non-hydrogen) atoms. The molecular weight excluding hydrogens is 325 g/mol. The minimum absolute atomic E-state index is 0.274. The van der Waals surface area contributed by atoms with Crippen LogP contribution in [0.25, 0.3) is 11.3 Å². The van der Waals surface area contributed by atoms with Crippen molar-refractivity contribution < 1.29 is 9.18 Å². The number of amides is 1. The van der Waals surface area contributed by atoms with Gasteiger partial charge in [-0.1, -0.05) is 30.0 Å². The molecule has 0 unspecified atom stereocenters. The van der Waals surface area contributed by atoms with Gasteiger partial charge in [0.15, 0.2) is 5.16 Å². The van der Waals surface area contributed by atoms with Crippen LogP contribution in [0.4, 0.5) is 10.1 Å². The monoisotopic (exact) mass is 339 g/mol. The lowest BCUT2D eigenvalue weighted by Crippen LogP contribution is -2.12. The number of benzene rings is 2. The van der Waals surface area contributed by atoms with E-state index in [4.69, 9.17) is 0 Å². The summed E-state index contributed by atoms with van der Waals surface area (Å²) in [6.45, 7) is 0.955. The number of thioether (sulfide) groups is 1. The van der Waals surface area contributed by atoms with Crippen molar-refractivity contribution in [2.75, 3.05) is 11.1 Å². The Hall–Kier alpha value is -2.60. The van der Waals surface area contributed by atoms with Crippen LogP contribution >= 0.6 is 11.8 Å². The van der Waals surface area contributed by atoms with Crippen LogP contribution in [0.1, 0.15) is 10.4 Å². The zero-order valence-corrected chi connectivity index (χ0v) is 13.5. The van der Waals surface area contributed by atoms with Crippen LogP contribution in [0.2, 0.25) is 0 Å². The maximum atomic E-state index is 13.0. The van der Waals surface area contributed by atoms with E-state index in [1.165, 1.54) is 24.3 Å². The van der Waals surface area contributed by atoms with Crippen molar-refractivity contribution >= 4 is 23.4 Å². The van der Waals surface area contributed by atoms with Gasteiger partial charge in [-0.2, -0.15) is 0 Å². The minimum Gasteiger partial charge on any atom is -0.325 e. The minimum atomic E-state index is -0.364. The highest BCUT2D eigenvalue weighted by Gasteiger charge is 2.17. The van der Waals surface area contributed by atoms with E-state index < -0.39 is 0 Å². The molecule has 1 aliphatic heterocycles. The van der Waals surface area contributed by atoms with Crippen molar-refractivity contribution in [3.63, 3.8) is 0 Å². The first kappa shape index (κ1) is 15.0. The van der Waals surface area contributed by atoms with Crippen molar-refractivity contribution in [2.24, 2.45) is 0 Å². The van der Waals surface area contributed by atoms with Crippen LogP contribution in [-0.4, -0.2) is 21.2 Å². The van der Waals surface area contributed by atoms with E-state index in [9.17, 15) is 9.18 Å². The molecule has 120 valence electrons. The fourth-order valence-electron chi connectivity index (χ4n) is 2.65. The number of para-hydroxylation sites is 1. The molecule has 2 heterocycles. The first-order valence-electron chi connectivity index (χ1n) is 7.57. The predicted molar refractivity (Wildman–Crippen MR) is 92.7 cm³/mol. The van der Waals surface area contributed by atoms with Gasteiger partial charge in [0.2, 0.25) is 0 Å². The van der Waals surface area contributed by atoms with Crippen molar-refractivity contribution in [1.29, 1.82) is 0 Å². The Labute approximate surface area is 142 Å². The molecule has 1 aromatic heterocycles. The second-order valence-electron chi connectivity index (χ2n) is 5.46. The maximum absolute atomic E-state index is 13.0. The number of carbonyl (C=O) groups excluding carboxylic acids is 1. The van der Waals surface area contributed by atoms with Gasteiger partial charge in [-0.25, -0.2) is 9.37 Å². The highest BCUT2D eigenvalue weighted by molar-refractivity contribution is 7.99. The molecule has 0 saturated carbocycles. The molecule has 1 amide bonds. The number of halogens is 1. The summed E-state index contributed by atoms with van der Waals surface area (Å²) in [5.41, 5.74) is 2.81. The smallest absolute Gasteiger partial charge is 0.255 e. The Balaban J connectivity index is 1.64. The fourth-order valence-corrected chi connectivity index (χ4v) is 3.59. The van der Waals surface area contributed by atoms with E-state index in [2.05, 4.69) is 14.9 Å². The molecule has 1 aliphatic rings. The molecule has 0 spiro atoms. The number of anilines is 1. The van der Waals surface area contributed by atoms with Crippen LogP contribution < -0.4 is 5.32 Å². The van der Waals surface area contributed by atoms with Crippen molar-refractivity contribution in [2.45, 2.75) is 11.7 Å². The summed E-state index contributed by atoms with van der Waals surface area (Å²) in [7, 11) is 0. The van der Waals surface area contributed by atoms with Crippen LogP contribution in [0.3, 0.4) is 0 Å². The van der Waals surface area contributed by atoms with E-state index in [0.717, 1.165) is 28.7 Å². The van der Waals surface area contributed by atoms with Gasteiger partial charge in [0.1, 0.15) is 5.82 Å². The Morgan fingerprint density at radius 2 is 1.96 bits per heavy atom. The Bertz CT molecular complexity index is 883. The van der Waals surface area contributed by atoms with E-state index in [1.807, 2.05) is 30.5 Å². The maximum Gasteiger partial charge on any atom is 0.255 e. The number of aryl methyl sites for hydroxylation is 1. The molecule has 0 fully saturated rings. The quantitative estimate of drug-likeness (QED) is 0.783. The number of hydrogen-bond acceptors (Lipinski definition) is 3. The Morgan fingerprint density at radius 1 is 1.17 bits per heavy atom. The highest BCUT2D eigenvalue weighted by Crippen LogP contribution is 2.32. The number of hydrogen-bond donors (Lipinski definition) is 1. The lowest BCUT2D eigenvalue weighted by Gasteiger charge is -2.09. The number of rotatable bonds is 3. The molecule has 6 heteroatoms. The van der Waals surface area contributed by atoms with Gasteiger partial charge in [0.05, 0.1) is 11.4 Å². The number of imidazole rings is 1. The van der Waals surface area contributed by atoms with Gasteiger partial charge in [0, 0.05) is 29.6 Å². The molecule has 0 atom stereocenters. The predicted octanol–water partition coefficient (Wildman–Crippen LogP) is 4.05. The lowest BCUT2D eigenvalue weighted by atomic mass is 10.1. The highest BCUT2D eigenvalue weighted by atomic mass is 32.2. The van der Waals surface area contributed by atoms with Crippen LogP contribution in [0, 0.1) is 5.82 Å². The van der Waals surface area contributed by atoms with Crippen molar-refractivity contribution in [1.82, 2.24) is 9.55 Å². The van der Waals surface area contributed by atoms with Crippen LogP contribution in [0.5, 0.6) is 0 Å². The molecule has 0 radical (unpaired) electrons. The zero-order valence-electron chi connectivity index (χ0n) is 12.7. The van der Waals surface area contributed by atoms with Gasteiger partial charge < -0.3 is 9.88 Å². The molecule has 0 bridgehead atoms. The summed E-state index contributed by atoms with van der Waals surface area (Å²) in [6, 6.07) is 13.0. The molecule has 0 saturated heterocycles. The number of nitrogens with one attached hydrogen (secondary N) is 1. The van der Waals surface area contributed by atoms with Gasteiger partial charge in [-0.3, -0.25) is 4.79 Å². The van der Waals surface area contributed by atoms with Gasteiger partial charge in [0.25, 0.3) is 5.91 Å². The zero-order chi connectivity index (χ0) is 16.5. The average molecular weight is 339 g/mol. The first-order chi connectivity index (χ1) is 11.7. The first-order valence-corrected chi connectivity index (χ1v) is 8.55. The Kier molecular flexibility index (Phi) is 3.82. The number of aromatic nitrogens is 2. The molecular formula is C18H14FN3OS. The van der Waals surface area contributed by atoms with Gasteiger partial charge >= 0.3 is 0 Å². The average Bonchev–Trinajstić information content (AvgIpc) is 3.17. The Morgan fingerprint density at radius 3 is 2.75 bits per heavy atom. The normalized spacial score (nSPS) is 12.9. The van der Waals surface area contributed by atoms with Crippen LogP contribution in [0.15, 0.2) is 59.9 Å². The largest absolute Gasteiger partial charge is 0.325 e. The fraction of sp³-hybridized carbons (Fsp3) is 0.111.